The molecule has 1 radical (unpaired) electrons. The van der Waals surface area contributed by atoms with Crippen molar-refractivity contribution in [2.45, 2.75) is 19.8 Å². The molecule has 0 amide bonds. The van der Waals surface area contributed by atoms with Crippen molar-refractivity contribution in [2.75, 3.05) is 0 Å². The van der Waals surface area contributed by atoms with Crippen LogP contribution in [-0.4, -0.2) is 4.98 Å². The SMILES string of the molecule is [CH2]C(C)c1cccc(C)n1. The van der Waals surface area contributed by atoms with Crippen LogP contribution in [0.25, 0.3) is 0 Å². The Hall–Kier alpha value is -0.850. The molecule has 1 heterocycles. The van der Waals surface area contributed by atoms with Gasteiger partial charge in [-0.2, -0.15) is 0 Å². The summed E-state index contributed by atoms with van der Waals surface area (Å²) in [4.78, 5) is 4.31. The topological polar surface area (TPSA) is 12.9 Å². The van der Waals surface area contributed by atoms with Gasteiger partial charge in [-0.1, -0.05) is 13.0 Å². The van der Waals surface area contributed by atoms with Gasteiger partial charge in [0.05, 0.1) is 0 Å². The van der Waals surface area contributed by atoms with E-state index in [-0.39, 0.29) is 0 Å². The quantitative estimate of drug-likeness (QED) is 0.574. The molecular formula is C9H12N. The van der Waals surface area contributed by atoms with Crippen molar-refractivity contribution in [3.05, 3.63) is 36.5 Å². The zero-order valence-electron chi connectivity index (χ0n) is 6.46. The third-order valence-electron chi connectivity index (χ3n) is 1.41. The van der Waals surface area contributed by atoms with Gasteiger partial charge >= 0.3 is 0 Å². The number of hydrogen-bond donors (Lipinski definition) is 0. The van der Waals surface area contributed by atoms with Gasteiger partial charge in [0.2, 0.25) is 0 Å². The standard InChI is InChI=1S/C9H12N/c1-7(2)9-6-4-5-8(3)10-9/h4-7H,1H2,2-3H3. The number of pyridine rings is 1. The van der Waals surface area contributed by atoms with Gasteiger partial charge in [0.1, 0.15) is 0 Å². The Morgan fingerprint density at radius 3 is 2.60 bits per heavy atom. The average molecular weight is 134 g/mol. The molecular weight excluding hydrogens is 122 g/mol. The zero-order valence-corrected chi connectivity index (χ0v) is 6.46. The van der Waals surface area contributed by atoms with Crippen molar-refractivity contribution >= 4 is 0 Å². The summed E-state index contributed by atoms with van der Waals surface area (Å²) < 4.78 is 0. The second kappa shape index (κ2) is 2.82. The van der Waals surface area contributed by atoms with Crippen molar-refractivity contribution in [1.82, 2.24) is 4.98 Å². The molecule has 1 rings (SSSR count). The second-order valence-electron chi connectivity index (χ2n) is 2.60. The molecule has 0 aliphatic rings. The molecule has 1 aromatic rings. The van der Waals surface area contributed by atoms with E-state index in [1.165, 1.54) is 0 Å². The molecule has 0 spiro atoms. The largest absolute Gasteiger partial charge is 0.258 e. The highest BCUT2D eigenvalue weighted by molar-refractivity contribution is 5.13. The summed E-state index contributed by atoms with van der Waals surface area (Å²) in [5, 5.41) is 0. The van der Waals surface area contributed by atoms with E-state index < -0.39 is 0 Å². The van der Waals surface area contributed by atoms with Gasteiger partial charge in [0, 0.05) is 11.4 Å². The van der Waals surface area contributed by atoms with E-state index in [1.54, 1.807) is 0 Å². The van der Waals surface area contributed by atoms with Gasteiger partial charge in [-0.3, -0.25) is 4.98 Å². The van der Waals surface area contributed by atoms with Crippen LogP contribution >= 0.6 is 0 Å². The molecule has 0 bridgehead atoms. The highest BCUT2D eigenvalue weighted by atomic mass is 14.7. The first-order chi connectivity index (χ1) is 4.70. The fraction of sp³-hybridized carbons (Fsp3) is 0.333. The van der Waals surface area contributed by atoms with E-state index in [1.807, 2.05) is 32.0 Å². The maximum Gasteiger partial charge on any atom is 0.0434 e. The van der Waals surface area contributed by atoms with Crippen LogP contribution in [0.2, 0.25) is 0 Å². The van der Waals surface area contributed by atoms with Crippen LogP contribution in [0.5, 0.6) is 0 Å². The van der Waals surface area contributed by atoms with Crippen LogP contribution in [0.3, 0.4) is 0 Å². The molecule has 1 atom stereocenters. The molecule has 1 aromatic heterocycles. The number of hydrogen-bond acceptors (Lipinski definition) is 1. The van der Waals surface area contributed by atoms with Crippen LogP contribution in [0, 0.1) is 13.8 Å². The van der Waals surface area contributed by atoms with Gasteiger partial charge in [-0.25, -0.2) is 0 Å². The molecule has 10 heavy (non-hydrogen) atoms. The number of aryl methyl sites for hydroxylation is 1. The first-order valence-electron chi connectivity index (χ1n) is 3.47. The summed E-state index contributed by atoms with van der Waals surface area (Å²) in [7, 11) is 0. The minimum Gasteiger partial charge on any atom is -0.258 e. The second-order valence-corrected chi connectivity index (χ2v) is 2.60. The van der Waals surface area contributed by atoms with Crippen LogP contribution in [0.4, 0.5) is 0 Å². The lowest BCUT2D eigenvalue weighted by molar-refractivity contribution is 0.891. The molecule has 1 unspecified atom stereocenters. The van der Waals surface area contributed by atoms with Crippen LogP contribution in [0.15, 0.2) is 18.2 Å². The molecule has 0 N–H and O–H groups in total. The molecule has 0 aromatic carbocycles. The molecule has 0 aliphatic carbocycles. The molecule has 1 heteroatoms. The van der Waals surface area contributed by atoms with E-state index in [9.17, 15) is 0 Å². The Labute approximate surface area is 62.1 Å². The molecule has 53 valence electrons. The monoisotopic (exact) mass is 134 g/mol. The van der Waals surface area contributed by atoms with E-state index in [0.717, 1.165) is 11.4 Å². The summed E-state index contributed by atoms with van der Waals surface area (Å²) in [5.41, 5.74) is 2.13. The van der Waals surface area contributed by atoms with Crippen molar-refractivity contribution in [3.63, 3.8) is 0 Å². The van der Waals surface area contributed by atoms with Gasteiger partial charge < -0.3 is 0 Å². The van der Waals surface area contributed by atoms with Gasteiger partial charge in [0.25, 0.3) is 0 Å². The highest BCUT2D eigenvalue weighted by Gasteiger charge is 1.98. The van der Waals surface area contributed by atoms with Crippen molar-refractivity contribution in [2.24, 2.45) is 0 Å². The Morgan fingerprint density at radius 2 is 2.20 bits per heavy atom. The zero-order chi connectivity index (χ0) is 7.56. The lowest BCUT2D eigenvalue weighted by Crippen LogP contribution is -1.92. The number of aromatic nitrogens is 1. The molecule has 0 aliphatic heterocycles. The molecule has 1 nitrogen and oxygen atoms in total. The van der Waals surface area contributed by atoms with Gasteiger partial charge in [-0.05, 0) is 31.9 Å². The highest BCUT2D eigenvalue weighted by Crippen LogP contribution is 2.09. The summed E-state index contributed by atoms with van der Waals surface area (Å²) >= 11 is 0. The van der Waals surface area contributed by atoms with Gasteiger partial charge in [-0.15, -0.1) is 0 Å². The maximum atomic E-state index is 4.31. The minimum atomic E-state index is 0.292. The minimum absolute atomic E-state index is 0.292. The Bertz CT molecular complexity index is 216. The fourth-order valence-electron chi connectivity index (χ4n) is 0.839. The lowest BCUT2D eigenvalue weighted by Gasteiger charge is -2.02. The normalized spacial score (nSPS) is 10.4. The Kier molecular flexibility index (Phi) is 2.05. The third kappa shape index (κ3) is 1.56. The summed E-state index contributed by atoms with van der Waals surface area (Å²) in [6.07, 6.45) is 0. The summed E-state index contributed by atoms with van der Waals surface area (Å²) in [5.74, 6) is 0.292. The lowest BCUT2D eigenvalue weighted by atomic mass is 10.1. The fourth-order valence-corrected chi connectivity index (χ4v) is 0.839. The molecule has 0 fully saturated rings. The predicted molar refractivity (Wildman–Crippen MR) is 42.7 cm³/mol. The maximum absolute atomic E-state index is 4.31. The third-order valence-corrected chi connectivity index (χ3v) is 1.41. The Balaban J connectivity index is 2.96. The van der Waals surface area contributed by atoms with Crippen LogP contribution in [-0.2, 0) is 0 Å². The summed E-state index contributed by atoms with van der Waals surface area (Å²) in [6, 6.07) is 6.01. The van der Waals surface area contributed by atoms with E-state index >= 15 is 0 Å². The van der Waals surface area contributed by atoms with Crippen LogP contribution < -0.4 is 0 Å². The van der Waals surface area contributed by atoms with Crippen molar-refractivity contribution in [1.29, 1.82) is 0 Å². The first-order valence-corrected chi connectivity index (χ1v) is 3.47. The number of rotatable bonds is 1. The van der Waals surface area contributed by atoms with E-state index in [0.29, 0.717) is 5.92 Å². The Morgan fingerprint density at radius 1 is 1.50 bits per heavy atom. The van der Waals surface area contributed by atoms with Crippen molar-refractivity contribution in [3.8, 4) is 0 Å². The average Bonchev–Trinajstić information content (AvgIpc) is 1.88. The predicted octanol–water partition coefficient (Wildman–Crippen LogP) is 2.33. The molecule has 0 saturated carbocycles. The van der Waals surface area contributed by atoms with E-state index in [2.05, 4.69) is 11.9 Å². The first kappa shape index (κ1) is 7.26. The van der Waals surface area contributed by atoms with Gasteiger partial charge in [0.15, 0.2) is 0 Å². The van der Waals surface area contributed by atoms with Crippen LogP contribution in [0.1, 0.15) is 24.2 Å². The smallest absolute Gasteiger partial charge is 0.0434 e. The van der Waals surface area contributed by atoms with E-state index in [4.69, 9.17) is 0 Å². The molecule has 0 saturated heterocycles. The summed E-state index contributed by atoms with van der Waals surface area (Å²) in [6.45, 7) is 7.92. The number of nitrogens with zero attached hydrogens (tertiary/aromatic N) is 1. The van der Waals surface area contributed by atoms with Crippen molar-refractivity contribution < 1.29 is 0 Å².